The van der Waals surface area contributed by atoms with E-state index in [1.807, 2.05) is 30.3 Å². The molecule has 2 aromatic carbocycles. The van der Waals surface area contributed by atoms with E-state index in [0.717, 1.165) is 0 Å². The van der Waals surface area contributed by atoms with E-state index in [2.05, 4.69) is 21.9 Å². The number of rotatable bonds is 4. The Bertz CT molecular complexity index is 1230. The van der Waals surface area contributed by atoms with Gasteiger partial charge >= 0.3 is 11.7 Å². The second kappa shape index (κ2) is 7.75. The summed E-state index contributed by atoms with van der Waals surface area (Å²) < 4.78 is 10.9. The van der Waals surface area contributed by atoms with Gasteiger partial charge in [0.15, 0.2) is 0 Å². The Morgan fingerprint density at radius 3 is 2.47 bits per heavy atom. The third-order valence-electron chi connectivity index (χ3n) is 4.94. The zero-order valence-corrected chi connectivity index (χ0v) is 16.1. The Morgan fingerprint density at radius 2 is 1.73 bits per heavy atom. The van der Waals surface area contributed by atoms with E-state index in [1.165, 1.54) is 7.11 Å². The molecule has 0 fully saturated rings. The predicted octanol–water partition coefficient (Wildman–Crippen LogP) is 2.72. The topological polar surface area (TPSA) is 113 Å². The molecular formula is C22H19N3O5. The lowest BCUT2D eigenvalue weighted by Gasteiger charge is -2.33. The van der Waals surface area contributed by atoms with Crippen LogP contribution in [0.25, 0.3) is 0 Å². The molecule has 4 rings (SSSR count). The minimum absolute atomic E-state index is 0.202. The summed E-state index contributed by atoms with van der Waals surface area (Å²) in [6.07, 6.45) is 0. The second-order valence-corrected chi connectivity index (χ2v) is 6.81. The third kappa shape index (κ3) is 3.50. The molecule has 1 aliphatic rings. The van der Waals surface area contributed by atoms with Crippen molar-refractivity contribution < 1.29 is 14.3 Å². The van der Waals surface area contributed by atoms with E-state index in [0.29, 0.717) is 22.8 Å². The molecule has 8 nitrogen and oxygen atoms in total. The van der Waals surface area contributed by atoms with E-state index >= 15 is 0 Å². The molecule has 0 unspecified atom stereocenters. The fourth-order valence-electron chi connectivity index (χ4n) is 3.66. The molecule has 0 radical (unpaired) electrons. The molecule has 152 valence electrons. The molecule has 0 aliphatic carbocycles. The molecule has 0 amide bonds. The zero-order valence-electron chi connectivity index (χ0n) is 16.1. The fraction of sp³-hybridized carbons (Fsp3) is 0.136. The number of aromatic nitrogens is 2. The van der Waals surface area contributed by atoms with Gasteiger partial charge in [0.25, 0.3) is 5.56 Å². The minimum Gasteiger partial charge on any atom is -0.468 e. The molecule has 3 N–H and O–H groups in total. The number of para-hydroxylation sites is 1. The van der Waals surface area contributed by atoms with Gasteiger partial charge in [0.05, 0.1) is 12.7 Å². The lowest BCUT2D eigenvalue weighted by Crippen LogP contribution is -2.39. The van der Waals surface area contributed by atoms with E-state index in [-0.39, 0.29) is 11.4 Å². The molecule has 0 saturated heterocycles. The van der Waals surface area contributed by atoms with Crippen molar-refractivity contribution in [3.05, 3.63) is 98.8 Å². The Hall–Kier alpha value is -4.07. The highest BCUT2D eigenvalue weighted by atomic mass is 16.5. The minimum atomic E-state index is -0.874. The molecule has 30 heavy (non-hydrogen) atoms. The SMILES string of the molecule is C=C1Nc2[nH]c(=O)[nH]c(=O)c2[C@H](c2cccc(Oc3ccccc3)c2)[C@H]1C(=O)OC. The average molecular weight is 405 g/mol. The van der Waals surface area contributed by atoms with Crippen LogP contribution in [0.2, 0.25) is 0 Å². The standard InChI is InChI=1S/C22H19N3O5/c1-12-16(21(27)29-2)17(18-19(23-12)24-22(28)25-20(18)26)13-7-6-10-15(11-13)30-14-8-4-3-5-9-14/h3-11,16-17H,1H2,2H3,(H3,23,24,25,26,28)/t16-,17+/m0/s1. The van der Waals surface area contributed by atoms with Crippen LogP contribution in [0, 0.1) is 5.92 Å². The van der Waals surface area contributed by atoms with Gasteiger partial charge in [-0.1, -0.05) is 36.9 Å². The van der Waals surface area contributed by atoms with Crippen molar-refractivity contribution in [2.75, 3.05) is 12.4 Å². The van der Waals surface area contributed by atoms with Crippen LogP contribution in [-0.4, -0.2) is 23.0 Å². The number of hydrogen-bond acceptors (Lipinski definition) is 6. The predicted molar refractivity (Wildman–Crippen MR) is 111 cm³/mol. The first-order chi connectivity index (χ1) is 14.5. The smallest absolute Gasteiger partial charge is 0.327 e. The highest BCUT2D eigenvalue weighted by Crippen LogP contribution is 2.42. The maximum atomic E-state index is 12.7. The first-order valence-electron chi connectivity index (χ1n) is 9.21. The van der Waals surface area contributed by atoms with Crippen molar-refractivity contribution in [3.8, 4) is 11.5 Å². The normalized spacial score (nSPS) is 17.6. The number of carbonyl (C=O) groups is 1. The molecule has 2 atom stereocenters. The molecule has 1 aliphatic heterocycles. The van der Waals surface area contributed by atoms with Gasteiger partial charge < -0.3 is 14.8 Å². The van der Waals surface area contributed by atoms with Gasteiger partial charge in [-0.05, 0) is 29.8 Å². The number of H-pyrrole nitrogens is 2. The Morgan fingerprint density at radius 1 is 1.00 bits per heavy atom. The number of fused-ring (bicyclic) bond motifs is 1. The molecule has 1 aromatic heterocycles. The monoisotopic (exact) mass is 405 g/mol. The van der Waals surface area contributed by atoms with Crippen LogP contribution in [0.15, 0.2) is 76.5 Å². The quantitative estimate of drug-likeness (QED) is 0.575. The fourth-order valence-corrected chi connectivity index (χ4v) is 3.66. The lowest BCUT2D eigenvalue weighted by molar-refractivity contribution is -0.144. The summed E-state index contributed by atoms with van der Waals surface area (Å²) in [5.41, 5.74) is -0.0814. The third-order valence-corrected chi connectivity index (χ3v) is 4.94. The van der Waals surface area contributed by atoms with Gasteiger partial charge in [-0.3, -0.25) is 19.6 Å². The van der Waals surface area contributed by atoms with Crippen LogP contribution >= 0.6 is 0 Å². The number of carbonyl (C=O) groups excluding carboxylic acids is 1. The zero-order chi connectivity index (χ0) is 21.3. The Labute approximate surface area is 171 Å². The van der Waals surface area contributed by atoms with Crippen molar-refractivity contribution in [2.24, 2.45) is 5.92 Å². The molecule has 0 saturated carbocycles. The molecule has 0 bridgehead atoms. The number of methoxy groups -OCH3 is 1. The summed E-state index contributed by atoms with van der Waals surface area (Å²) in [6.45, 7) is 3.91. The molecule has 3 aromatic rings. The number of nitrogens with one attached hydrogen (secondary N) is 3. The molecular weight excluding hydrogens is 386 g/mol. The van der Waals surface area contributed by atoms with Crippen molar-refractivity contribution in [1.29, 1.82) is 0 Å². The maximum absolute atomic E-state index is 12.7. The molecule has 2 heterocycles. The first kappa shape index (κ1) is 19.3. The summed E-state index contributed by atoms with van der Waals surface area (Å²) in [5, 5.41) is 2.86. The van der Waals surface area contributed by atoms with Crippen LogP contribution in [0.5, 0.6) is 11.5 Å². The van der Waals surface area contributed by atoms with Crippen LogP contribution in [0.4, 0.5) is 5.82 Å². The highest BCUT2D eigenvalue weighted by molar-refractivity contribution is 5.81. The summed E-state index contributed by atoms with van der Waals surface area (Å²) in [4.78, 5) is 41.8. The van der Waals surface area contributed by atoms with Gasteiger partial charge in [-0.2, -0.15) is 0 Å². The summed E-state index contributed by atoms with van der Waals surface area (Å²) >= 11 is 0. The van der Waals surface area contributed by atoms with E-state index in [9.17, 15) is 14.4 Å². The van der Waals surface area contributed by atoms with Crippen molar-refractivity contribution in [1.82, 2.24) is 9.97 Å². The summed E-state index contributed by atoms with van der Waals surface area (Å²) in [6, 6.07) is 16.3. The number of anilines is 1. The highest BCUT2D eigenvalue weighted by Gasteiger charge is 2.41. The number of benzene rings is 2. The van der Waals surface area contributed by atoms with Gasteiger partial charge in [-0.15, -0.1) is 0 Å². The summed E-state index contributed by atoms with van der Waals surface area (Å²) in [7, 11) is 1.27. The number of hydrogen-bond donors (Lipinski definition) is 3. The molecule has 8 heteroatoms. The average Bonchev–Trinajstić information content (AvgIpc) is 2.73. The van der Waals surface area contributed by atoms with Gasteiger partial charge in [0.1, 0.15) is 23.2 Å². The largest absolute Gasteiger partial charge is 0.468 e. The van der Waals surface area contributed by atoms with E-state index in [1.54, 1.807) is 24.3 Å². The Kier molecular flexibility index (Phi) is 4.97. The second-order valence-electron chi connectivity index (χ2n) is 6.81. The van der Waals surface area contributed by atoms with Crippen LogP contribution in [-0.2, 0) is 9.53 Å². The molecule has 0 spiro atoms. The van der Waals surface area contributed by atoms with Crippen molar-refractivity contribution in [3.63, 3.8) is 0 Å². The lowest BCUT2D eigenvalue weighted by atomic mass is 9.77. The van der Waals surface area contributed by atoms with Crippen LogP contribution in [0.3, 0.4) is 0 Å². The van der Waals surface area contributed by atoms with Crippen molar-refractivity contribution >= 4 is 11.8 Å². The van der Waals surface area contributed by atoms with E-state index < -0.39 is 29.1 Å². The number of ether oxygens (including phenoxy) is 2. The number of esters is 1. The van der Waals surface area contributed by atoms with Crippen molar-refractivity contribution in [2.45, 2.75) is 5.92 Å². The first-order valence-corrected chi connectivity index (χ1v) is 9.21. The maximum Gasteiger partial charge on any atom is 0.327 e. The van der Waals surface area contributed by atoms with Crippen LogP contribution in [0.1, 0.15) is 17.0 Å². The van der Waals surface area contributed by atoms with Crippen LogP contribution < -0.4 is 21.3 Å². The summed E-state index contributed by atoms with van der Waals surface area (Å²) in [5.74, 6) is -0.774. The van der Waals surface area contributed by atoms with Gasteiger partial charge in [-0.25, -0.2) is 4.79 Å². The van der Waals surface area contributed by atoms with Gasteiger partial charge in [0, 0.05) is 11.6 Å². The number of aromatic amines is 2. The Balaban J connectivity index is 1.85. The van der Waals surface area contributed by atoms with Gasteiger partial charge in [0.2, 0.25) is 0 Å². The van der Waals surface area contributed by atoms with E-state index in [4.69, 9.17) is 9.47 Å².